The number of amides is 1. The SMILES string of the molecule is O=C(Nc1ccc(C[C@H](NC2=C(Br)C(=O)C23CCCCC3)C(=O)O)cc1)C1=C(Cl)CN(O)C=C1Cl. The number of allylic oxidation sites excluding steroid dienone is 2. The molecule has 186 valence electrons. The van der Waals surface area contributed by atoms with Crippen LogP contribution in [0.3, 0.4) is 0 Å². The van der Waals surface area contributed by atoms with Crippen LogP contribution in [0.1, 0.15) is 37.7 Å². The van der Waals surface area contributed by atoms with Crippen molar-refractivity contribution >= 4 is 62.5 Å². The Morgan fingerprint density at radius 2 is 1.80 bits per heavy atom. The molecule has 1 amide bonds. The summed E-state index contributed by atoms with van der Waals surface area (Å²) in [5.41, 5.74) is 1.40. The zero-order chi connectivity index (χ0) is 25.3. The minimum Gasteiger partial charge on any atom is -0.480 e. The highest BCUT2D eigenvalue weighted by Crippen LogP contribution is 2.53. The lowest BCUT2D eigenvalue weighted by Gasteiger charge is -2.46. The molecular weight excluding hydrogens is 561 g/mol. The largest absolute Gasteiger partial charge is 0.480 e. The number of Topliss-reactive ketones (excluding diaryl/α,β-unsaturated/α-hetero) is 1. The van der Waals surface area contributed by atoms with E-state index in [0.717, 1.165) is 42.7 Å². The average molecular weight is 585 g/mol. The number of aliphatic carboxylic acids is 1. The van der Waals surface area contributed by atoms with Gasteiger partial charge in [-0.15, -0.1) is 0 Å². The van der Waals surface area contributed by atoms with Crippen LogP contribution in [0, 0.1) is 5.41 Å². The number of halogens is 3. The summed E-state index contributed by atoms with van der Waals surface area (Å²) in [4.78, 5) is 37.2. The number of carboxylic acid groups (broad SMARTS) is 1. The van der Waals surface area contributed by atoms with Gasteiger partial charge in [0, 0.05) is 24.0 Å². The fourth-order valence-electron chi connectivity index (χ4n) is 4.77. The molecule has 35 heavy (non-hydrogen) atoms. The highest BCUT2D eigenvalue weighted by Gasteiger charge is 2.53. The number of rotatable bonds is 7. The summed E-state index contributed by atoms with van der Waals surface area (Å²) in [7, 11) is 0. The Balaban J connectivity index is 1.43. The standard InChI is InChI=1S/C24H24BrCl2N3O5/c25-19-20(24(21(19)31)8-2-1-3-9-24)29-17(23(33)34)10-13-4-6-14(7-5-13)28-22(32)18-15(26)11-30(35)12-16(18)27/h4-7,11,17,29,35H,1-3,8-10,12H2,(H,28,32)(H,33,34)/t17-/m0/s1. The Bertz CT molecular complexity index is 1160. The van der Waals surface area contributed by atoms with E-state index in [4.69, 9.17) is 23.2 Å². The maximum atomic E-state index is 12.6. The van der Waals surface area contributed by atoms with Gasteiger partial charge in [0.15, 0.2) is 5.78 Å². The van der Waals surface area contributed by atoms with E-state index in [1.54, 1.807) is 24.3 Å². The molecule has 11 heteroatoms. The van der Waals surface area contributed by atoms with Crippen LogP contribution in [0.15, 0.2) is 56.3 Å². The van der Waals surface area contributed by atoms with Crippen molar-refractivity contribution in [2.24, 2.45) is 5.41 Å². The highest BCUT2D eigenvalue weighted by atomic mass is 79.9. The number of nitrogens with zero attached hydrogens (tertiary/aromatic N) is 1. The fourth-order valence-corrected chi connectivity index (χ4v) is 6.31. The van der Waals surface area contributed by atoms with Crippen molar-refractivity contribution in [1.29, 1.82) is 0 Å². The summed E-state index contributed by atoms with van der Waals surface area (Å²) in [6, 6.07) is 5.85. The first kappa shape index (κ1) is 25.8. The molecule has 1 aromatic rings. The molecule has 3 aliphatic rings. The van der Waals surface area contributed by atoms with Gasteiger partial charge in [0.2, 0.25) is 0 Å². The number of carboxylic acids is 1. The number of hydroxylamine groups is 2. The molecular formula is C24H24BrCl2N3O5. The van der Waals surface area contributed by atoms with Crippen molar-refractivity contribution in [3.63, 3.8) is 0 Å². The van der Waals surface area contributed by atoms with E-state index in [1.807, 2.05) is 0 Å². The molecule has 0 bridgehead atoms. The number of hydrogen-bond acceptors (Lipinski definition) is 6. The number of carbonyl (C=O) groups excluding carboxylic acids is 2. The molecule has 1 saturated carbocycles. The molecule has 1 aromatic carbocycles. The van der Waals surface area contributed by atoms with E-state index >= 15 is 0 Å². The lowest BCUT2D eigenvalue weighted by molar-refractivity contribution is -0.140. The molecule has 1 heterocycles. The second-order valence-electron chi connectivity index (χ2n) is 8.91. The van der Waals surface area contributed by atoms with E-state index in [1.165, 1.54) is 6.20 Å². The van der Waals surface area contributed by atoms with Gasteiger partial charge in [-0.05, 0) is 46.5 Å². The quantitative estimate of drug-likeness (QED) is 0.369. The maximum absolute atomic E-state index is 12.6. The van der Waals surface area contributed by atoms with Crippen LogP contribution in [0.5, 0.6) is 0 Å². The topological polar surface area (TPSA) is 119 Å². The number of anilines is 1. The van der Waals surface area contributed by atoms with Crippen molar-refractivity contribution < 1.29 is 24.7 Å². The van der Waals surface area contributed by atoms with Crippen molar-refractivity contribution in [2.45, 2.75) is 44.6 Å². The summed E-state index contributed by atoms with van der Waals surface area (Å²) in [5, 5.41) is 26.1. The fraction of sp³-hybridized carbons (Fsp3) is 0.375. The minimum absolute atomic E-state index is 0.0129. The first-order chi connectivity index (χ1) is 16.6. The van der Waals surface area contributed by atoms with Gasteiger partial charge in [0.05, 0.1) is 32.1 Å². The molecule has 1 aliphatic heterocycles. The number of benzene rings is 1. The van der Waals surface area contributed by atoms with Gasteiger partial charge in [-0.3, -0.25) is 19.9 Å². The van der Waals surface area contributed by atoms with Crippen LogP contribution in [0.2, 0.25) is 0 Å². The molecule has 8 nitrogen and oxygen atoms in total. The van der Waals surface area contributed by atoms with E-state index in [-0.39, 0.29) is 34.4 Å². The van der Waals surface area contributed by atoms with Gasteiger partial charge in [0.1, 0.15) is 6.04 Å². The van der Waals surface area contributed by atoms with Gasteiger partial charge in [-0.2, -0.15) is 0 Å². The predicted molar refractivity (Wildman–Crippen MR) is 135 cm³/mol. The highest BCUT2D eigenvalue weighted by molar-refractivity contribution is 9.12. The van der Waals surface area contributed by atoms with Crippen LogP contribution < -0.4 is 10.6 Å². The second-order valence-corrected chi connectivity index (χ2v) is 10.6. The van der Waals surface area contributed by atoms with Crippen molar-refractivity contribution in [1.82, 2.24) is 10.4 Å². The van der Waals surface area contributed by atoms with Crippen molar-refractivity contribution in [3.8, 4) is 0 Å². The summed E-state index contributed by atoms with van der Waals surface area (Å²) < 4.78 is 0.441. The maximum Gasteiger partial charge on any atom is 0.326 e. The number of hydrogen-bond donors (Lipinski definition) is 4. The second kappa shape index (κ2) is 10.3. The summed E-state index contributed by atoms with van der Waals surface area (Å²) >= 11 is 15.5. The molecule has 0 saturated heterocycles. The third-order valence-electron chi connectivity index (χ3n) is 6.61. The lowest BCUT2D eigenvalue weighted by atomic mass is 9.62. The Kier molecular flexibility index (Phi) is 7.61. The van der Waals surface area contributed by atoms with Gasteiger partial charge in [-0.25, -0.2) is 4.79 Å². The van der Waals surface area contributed by atoms with E-state index in [2.05, 4.69) is 26.6 Å². The van der Waals surface area contributed by atoms with Crippen LogP contribution in [0.4, 0.5) is 5.69 Å². The van der Waals surface area contributed by atoms with Gasteiger partial charge < -0.3 is 15.7 Å². The van der Waals surface area contributed by atoms with E-state index in [9.17, 15) is 24.7 Å². The molecule has 4 rings (SSSR count). The summed E-state index contributed by atoms with van der Waals surface area (Å²) in [6.45, 7) is -0.0531. The molecule has 4 N–H and O–H groups in total. The third kappa shape index (κ3) is 5.14. The molecule has 1 fully saturated rings. The molecule has 1 spiro atoms. The average Bonchev–Trinajstić information content (AvgIpc) is 2.82. The molecule has 0 aromatic heterocycles. The van der Waals surface area contributed by atoms with Crippen molar-refractivity contribution in [3.05, 3.63) is 61.8 Å². The normalized spacial score (nSPS) is 20.4. The minimum atomic E-state index is -1.02. The zero-order valence-corrected chi connectivity index (χ0v) is 21.7. The van der Waals surface area contributed by atoms with Gasteiger partial charge in [0.25, 0.3) is 5.91 Å². The number of ketones is 1. The summed E-state index contributed by atoms with van der Waals surface area (Å²) in [5.74, 6) is -1.48. The number of nitrogens with one attached hydrogen (secondary N) is 2. The van der Waals surface area contributed by atoms with Crippen LogP contribution >= 0.6 is 39.1 Å². The van der Waals surface area contributed by atoms with E-state index < -0.39 is 23.3 Å². The van der Waals surface area contributed by atoms with Crippen LogP contribution in [-0.4, -0.2) is 45.6 Å². The molecule has 0 unspecified atom stereocenters. The van der Waals surface area contributed by atoms with Crippen molar-refractivity contribution in [2.75, 3.05) is 11.9 Å². The summed E-state index contributed by atoms with van der Waals surface area (Å²) in [6.07, 6.45) is 5.84. The monoisotopic (exact) mass is 583 g/mol. The zero-order valence-electron chi connectivity index (χ0n) is 18.6. The Morgan fingerprint density at radius 1 is 1.14 bits per heavy atom. The molecule has 1 atom stereocenters. The van der Waals surface area contributed by atoms with Crippen LogP contribution in [0.25, 0.3) is 0 Å². The van der Waals surface area contributed by atoms with E-state index in [0.29, 0.717) is 15.9 Å². The first-order valence-corrected chi connectivity index (χ1v) is 12.7. The van der Waals surface area contributed by atoms with Crippen LogP contribution in [-0.2, 0) is 20.8 Å². The molecule has 2 aliphatic carbocycles. The first-order valence-electron chi connectivity index (χ1n) is 11.2. The number of carbonyl (C=O) groups is 3. The Hall–Kier alpha value is -2.33. The lowest BCUT2D eigenvalue weighted by Crippen LogP contribution is -2.53. The predicted octanol–water partition coefficient (Wildman–Crippen LogP) is 4.63. The third-order valence-corrected chi connectivity index (χ3v) is 7.96. The Morgan fingerprint density at radius 3 is 2.40 bits per heavy atom. The van der Waals surface area contributed by atoms with Gasteiger partial charge >= 0.3 is 5.97 Å². The smallest absolute Gasteiger partial charge is 0.326 e. The van der Waals surface area contributed by atoms with Gasteiger partial charge in [-0.1, -0.05) is 54.6 Å². The molecule has 0 radical (unpaired) electrons. The Labute approximate surface area is 220 Å².